The second-order valence-electron chi connectivity index (χ2n) is 9.65. The molecule has 38 heavy (non-hydrogen) atoms. The number of hydrogen-bond donors (Lipinski definition) is 1. The molecule has 0 spiro atoms. The first-order valence-electron chi connectivity index (χ1n) is 13.4. The minimum Gasteiger partial charge on any atom is -0.512 e. The molecule has 4 nitrogen and oxygen atoms in total. The number of fused-ring (bicyclic) bond motifs is 3. The van der Waals surface area contributed by atoms with E-state index in [1.54, 1.807) is 0 Å². The van der Waals surface area contributed by atoms with Crippen LogP contribution < -0.4 is 4.74 Å². The monoisotopic (exact) mass is 687 g/mol. The van der Waals surface area contributed by atoms with Crippen molar-refractivity contribution in [2.45, 2.75) is 60.3 Å². The number of nitrogens with zero attached hydrogens (tertiary/aromatic N) is 1. The number of carbonyl (C=O) groups excluding carboxylic acids is 1. The number of aliphatic hydroxyl groups is 1. The summed E-state index contributed by atoms with van der Waals surface area (Å²) in [7, 11) is 0. The van der Waals surface area contributed by atoms with Gasteiger partial charge in [-0.05, 0) is 56.4 Å². The summed E-state index contributed by atoms with van der Waals surface area (Å²) < 4.78 is 6.13. The minimum absolute atomic E-state index is 0. The second kappa shape index (κ2) is 13.2. The second-order valence-corrected chi connectivity index (χ2v) is 9.65. The molecular weight excluding hydrogens is 651 g/mol. The summed E-state index contributed by atoms with van der Waals surface area (Å²) in [6, 6.07) is 21.8. The van der Waals surface area contributed by atoms with E-state index in [2.05, 4.69) is 37.3 Å². The van der Waals surface area contributed by atoms with Crippen LogP contribution in [0.2, 0.25) is 0 Å². The first kappa shape index (κ1) is 29.5. The average Bonchev–Trinajstić information content (AvgIpc) is 2.90. The maximum atomic E-state index is 11.7. The topological polar surface area (TPSA) is 59.4 Å². The number of pyridine rings is 1. The van der Waals surface area contributed by atoms with Crippen molar-refractivity contribution in [3.63, 3.8) is 0 Å². The van der Waals surface area contributed by atoms with E-state index >= 15 is 0 Å². The van der Waals surface area contributed by atoms with Gasteiger partial charge in [0.2, 0.25) is 0 Å². The zero-order chi connectivity index (χ0) is 26.5. The molecule has 0 unspecified atom stereocenters. The van der Waals surface area contributed by atoms with Crippen molar-refractivity contribution in [3.05, 3.63) is 78.1 Å². The maximum absolute atomic E-state index is 11.7. The Morgan fingerprint density at radius 1 is 0.974 bits per heavy atom. The quantitative estimate of drug-likeness (QED) is 0.105. The van der Waals surface area contributed by atoms with Gasteiger partial charge in [-0.1, -0.05) is 62.7 Å². The Balaban J connectivity index is 0.000000223. The van der Waals surface area contributed by atoms with Crippen LogP contribution in [0.5, 0.6) is 11.5 Å². The SMILES string of the molecule is CCC(CC)C(=O)/C=C(\O)C(CC)CC.Cc1cccc2nc3c(cc12)Oc1cccc2cc[c-]c-3c12.[Ir]. The van der Waals surface area contributed by atoms with Gasteiger partial charge in [0.1, 0.15) is 5.75 Å². The molecule has 0 amide bonds. The maximum Gasteiger partial charge on any atom is 0.162 e. The summed E-state index contributed by atoms with van der Waals surface area (Å²) in [6.45, 7) is 10.2. The third-order valence-corrected chi connectivity index (χ3v) is 7.38. The summed E-state index contributed by atoms with van der Waals surface area (Å²) in [4.78, 5) is 16.6. The van der Waals surface area contributed by atoms with Crippen LogP contribution >= 0.6 is 0 Å². The van der Waals surface area contributed by atoms with Gasteiger partial charge in [-0.2, -0.15) is 0 Å². The number of aliphatic hydroxyl groups excluding tert-OH is 1. The van der Waals surface area contributed by atoms with E-state index in [9.17, 15) is 9.90 Å². The molecule has 2 heterocycles. The van der Waals surface area contributed by atoms with Crippen molar-refractivity contribution in [1.82, 2.24) is 4.98 Å². The van der Waals surface area contributed by atoms with Gasteiger partial charge in [-0.15, -0.1) is 23.8 Å². The number of rotatable bonds is 7. The molecule has 5 rings (SSSR count). The fraction of sp³-hybridized carbons (Fsp3) is 0.333. The Kier molecular flexibility index (Phi) is 10.2. The Hall–Kier alpha value is -3.01. The Labute approximate surface area is 239 Å². The summed E-state index contributed by atoms with van der Waals surface area (Å²) >= 11 is 0. The molecule has 0 fully saturated rings. The van der Waals surface area contributed by atoms with Gasteiger partial charge in [0.05, 0.1) is 17.0 Å². The van der Waals surface area contributed by atoms with Gasteiger partial charge in [-0.3, -0.25) is 9.78 Å². The number of benzene rings is 3. The predicted molar refractivity (Wildman–Crippen MR) is 152 cm³/mol. The zero-order valence-electron chi connectivity index (χ0n) is 22.8. The van der Waals surface area contributed by atoms with Crippen molar-refractivity contribution < 1.29 is 34.7 Å². The van der Waals surface area contributed by atoms with E-state index in [1.807, 2.05) is 58.0 Å². The molecule has 1 aliphatic rings. The first-order chi connectivity index (χ1) is 17.9. The Bertz CT molecular complexity index is 1450. The largest absolute Gasteiger partial charge is 0.512 e. The molecule has 1 radical (unpaired) electrons. The summed E-state index contributed by atoms with van der Waals surface area (Å²) in [5.74, 6) is 2.24. The van der Waals surface area contributed by atoms with Gasteiger partial charge in [0.15, 0.2) is 5.78 Å². The van der Waals surface area contributed by atoms with Crippen LogP contribution in [0.25, 0.3) is 32.9 Å². The van der Waals surface area contributed by atoms with E-state index in [0.717, 1.165) is 70.1 Å². The number of allylic oxidation sites excluding steroid dienone is 2. The molecule has 0 saturated carbocycles. The molecule has 201 valence electrons. The molecule has 1 aromatic heterocycles. The first-order valence-corrected chi connectivity index (χ1v) is 13.4. The third kappa shape index (κ3) is 6.00. The van der Waals surface area contributed by atoms with Crippen LogP contribution in [0.3, 0.4) is 0 Å². The van der Waals surface area contributed by atoms with Crippen LogP contribution in [-0.2, 0) is 24.9 Å². The van der Waals surface area contributed by atoms with E-state index in [1.165, 1.54) is 11.6 Å². The van der Waals surface area contributed by atoms with Crippen LogP contribution in [-0.4, -0.2) is 15.9 Å². The third-order valence-electron chi connectivity index (χ3n) is 7.38. The Morgan fingerprint density at radius 3 is 2.34 bits per heavy atom. The van der Waals surface area contributed by atoms with Crippen molar-refractivity contribution in [2.24, 2.45) is 11.8 Å². The van der Waals surface area contributed by atoms with Crippen molar-refractivity contribution in [3.8, 4) is 22.8 Å². The molecule has 5 heteroatoms. The van der Waals surface area contributed by atoms with Crippen LogP contribution in [0, 0.1) is 24.8 Å². The van der Waals surface area contributed by atoms with Crippen LogP contribution in [0.4, 0.5) is 0 Å². The molecule has 0 bridgehead atoms. The van der Waals surface area contributed by atoms with E-state index in [0.29, 0.717) is 0 Å². The van der Waals surface area contributed by atoms with Crippen LogP contribution in [0.15, 0.2) is 66.4 Å². The standard InChI is InChI=1S/C20H12NO.C13H24O2.Ir/c1-12-5-2-9-16-15(12)11-18-20(21-16)14-8-3-6-13-7-4-10-17(22-18)19(13)14;1-5-10(6-2)12(14)9-13(15)11(7-3)8-4;/h2-7,9-11H,1H3;9-11,14H,5-8H2,1-4H3;/q-1;;/b;12-9-;. The molecule has 0 atom stereocenters. The number of hydrogen-bond acceptors (Lipinski definition) is 4. The molecule has 0 aliphatic carbocycles. The molecule has 0 saturated heterocycles. The summed E-state index contributed by atoms with van der Waals surface area (Å²) in [6.07, 6.45) is 4.91. The van der Waals surface area contributed by atoms with E-state index < -0.39 is 0 Å². The van der Waals surface area contributed by atoms with E-state index in [4.69, 9.17) is 9.72 Å². The molecule has 1 N–H and O–H groups in total. The van der Waals surface area contributed by atoms with Gasteiger partial charge in [0, 0.05) is 49.1 Å². The number of aryl methyl sites for hydroxylation is 1. The average molecular weight is 687 g/mol. The summed E-state index contributed by atoms with van der Waals surface area (Å²) in [5.41, 5.74) is 4.10. The summed E-state index contributed by atoms with van der Waals surface area (Å²) in [5, 5.41) is 13.1. The fourth-order valence-electron chi connectivity index (χ4n) is 4.99. The normalized spacial score (nSPS) is 12.0. The van der Waals surface area contributed by atoms with Crippen molar-refractivity contribution >= 4 is 27.5 Å². The van der Waals surface area contributed by atoms with Gasteiger partial charge in [0.25, 0.3) is 0 Å². The number of ketones is 1. The number of ether oxygens (including phenoxy) is 1. The predicted octanol–water partition coefficient (Wildman–Crippen LogP) is 9.14. The molecular formula is C33H36IrNO3-. The zero-order valence-corrected chi connectivity index (χ0v) is 25.2. The molecule has 3 aromatic carbocycles. The Morgan fingerprint density at radius 2 is 1.66 bits per heavy atom. The van der Waals surface area contributed by atoms with Gasteiger partial charge < -0.3 is 9.84 Å². The number of aromatic nitrogens is 1. The van der Waals surface area contributed by atoms with E-state index in [-0.39, 0.29) is 43.5 Å². The molecule has 1 aliphatic heterocycles. The fourth-order valence-corrected chi connectivity index (χ4v) is 4.99. The van der Waals surface area contributed by atoms with Gasteiger partial charge in [-0.25, -0.2) is 0 Å². The van der Waals surface area contributed by atoms with Crippen LogP contribution in [0.1, 0.15) is 58.9 Å². The van der Waals surface area contributed by atoms with Crippen molar-refractivity contribution in [2.75, 3.05) is 0 Å². The molecule has 4 aromatic rings. The smallest absolute Gasteiger partial charge is 0.162 e. The van der Waals surface area contributed by atoms with Gasteiger partial charge >= 0.3 is 0 Å². The number of carbonyl (C=O) groups is 1. The van der Waals surface area contributed by atoms with Crippen molar-refractivity contribution in [1.29, 1.82) is 0 Å². The minimum atomic E-state index is 0.